The van der Waals surface area contributed by atoms with Gasteiger partial charge >= 0.3 is 0 Å². The van der Waals surface area contributed by atoms with Crippen molar-refractivity contribution in [2.24, 2.45) is 0 Å². The van der Waals surface area contributed by atoms with Gasteiger partial charge in [-0.2, -0.15) is 0 Å². The molecule has 0 aromatic rings. The van der Waals surface area contributed by atoms with Crippen molar-refractivity contribution in [3.63, 3.8) is 0 Å². The molecule has 0 aliphatic heterocycles. The van der Waals surface area contributed by atoms with Gasteiger partial charge in [-0.05, 0) is 6.42 Å². The van der Waals surface area contributed by atoms with Gasteiger partial charge in [-0.3, -0.25) is 4.21 Å². The van der Waals surface area contributed by atoms with Crippen molar-refractivity contribution < 1.29 is 8.76 Å². The van der Waals surface area contributed by atoms with Crippen LogP contribution < -0.4 is 0 Å². The Labute approximate surface area is 78.0 Å². The van der Waals surface area contributed by atoms with Crippen LogP contribution >= 0.6 is 0 Å². The van der Waals surface area contributed by atoms with Crippen LogP contribution in [-0.2, 0) is 11.1 Å². The molecule has 2 atom stereocenters. The van der Waals surface area contributed by atoms with Gasteiger partial charge in [0.2, 0.25) is 0 Å². The van der Waals surface area contributed by atoms with E-state index in [-0.39, 0.29) is 5.25 Å². The first-order valence-electron chi connectivity index (χ1n) is 4.76. The van der Waals surface area contributed by atoms with Crippen LogP contribution in [0.15, 0.2) is 0 Å². The first-order chi connectivity index (χ1) is 5.68. The SMILES string of the molecule is CCCCCCCC(C)S(=O)[O-]. The second kappa shape index (κ2) is 7.74. The maximum Gasteiger partial charge on any atom is 0.0187 e. The van der Waals surface area contributed by atoms with Gasteiger partial charge in [0.25, 0.3) is 0 Å². The fourth-order valence-corrected chi connectivity index (χ4v) is 1.49. The van der Waals surface area contributed by atoms with Gasteiger partial charge in [0.15, 0.2) is 0 Å². The Morgan fingerprint density at radius 3 is 2.33 bits per heavy atom. The molecule has 12 heavy (non-hydrogen) atoms. The van der Waals surface area contributed by atoms with Crippen LogP contribution in [-0.4, -0.2) is 14.0 Å². The molecule has 0 spiro atoms. The van der Waals surface area contributed by atoms with Crippen molar-refractivity contribution in [1.29, 1.82) is 0 Å². The molecule has 2 unspecified atom stereocenters. The summed E-state index contributed by atoms with van der Waals surface area (Å²) in [5, 5.41) is -0.161. The second-order valence-corrected chi connectivity index (χ2v) is 4.60. The maximum atomic E-state index is 10.4. The molecular weight excluding hydrogens is 172 g/mol. The van der Waals surface area contributed by atoms with Crippen LogP contribution in [0.5, 0.6) is 0 Å². The van der Waals surface area contributed by atoms with Crippen molar-refractivity contribution in [2.45, 2.75) is 57.6 Å². The Hall–Kier alpha value is 0.110. The standard InChI is InChI=1S/C9H20O2S/c1-3-4-5-6-7-8-9(2)12(10)11/h9H,3-8H2,1-2H3,(H,10,11)/p-1. The molecule has 0 saturated carbocycles. The molecule has 0 amide bonds. The number of unbranched alkanes of at least 4 members (excludes halogenated alkanes) is 4. The summed E-state index contributed by atoms with van der Waals surface area (Å²) in [6, 6.07) is 0. The van der Waals surface area contributed by atoms with Crippen LogP contribution in [0.4, 0.5) is 0 Å². The maximum absolute atomic E-state index is 10.4. The highest BCUT2D eigenvalue weighted by atomic mass is 32.2. The summed E-state index contributed by atoms with van der Waals surface area (Å²) < 4.78 is 20.8. The van der Waals surface area contributed by atoms with Gasteiger partial charge < -0.3 is 4.55 Å². The van der Waals surface area contributed by atoms with Gasteiger partial charge in [0.05, 0.1) is 0 Å². The molecule has 0 aromatic carbocycles. The lowest BCUT2D eigenvalue weighted by Crippen LogP contribution is -2.09. The normalized spacial score (nSPS) is 15.9. The van der Waals surface area contributed by atoms with E-state index in [1.165, 1.54) is 25.7 Å². The molecule has 3 heteroatoms. The Kier molecular flexibility index (Phi) is 7.81. The zero-order chi connectivity index (χ0) is 9.40. The molecule has 0 rings (SSSR count). The topological polar surface area (TPSA) is 40.1 Å². The lowest BCUT2D eigenvalue weighted by molar-refractivity contribution is 0.512. The largest absolute Gasteiger partial charge is 0.772 e. The summed E-state index contributed by atoms with van der Waals surface area (Å²) in [7, 11) is 0. The fourth-order valence-electron chi connectivity index (χ4n) is 1.13. The highest BCUT2D eigenvalue weighted by Crippen LogP contribution is 2.09. The van der Waals surface area contributed by atoms with E-state index in [1.54, 1.807) is 6.92 Å². The third kappa shape index (κ3) is 6.80. The monoisotopic (exact) mass is 191 g/mol. The van der Waals surface area contributed by atoms with Crippen molar-refractivity contribution in [3.05, 3.63) is 0 Å². The summed E-state index contributed by atoms with van der Waals surface area (Å²) in [6.45, 7) is 3.94. The Morgan fingerprint density at radius 1 is 1.25 bits per heavy atom. The fraction of sp³-hybridized carbons (Fsp3) is 1.00. The smallest absolute Gasteiger partial charge is 0.0187 e. The summed E-state index contributed by atoms with van der Waals surface area (Å²) in [6.07, 6.45) is 6.80. The lowest BCUT2D eigenvalue weighted by Gasteiger charge is -2.13. The van der Waals surface area contributed by atoms with Crippen molar-refractivity contribution in [1.82, 2.24) is 0 Å². The van der Waals surface area contributed by atoms with E-state index in [0.717, 1.165) is 12.8 Å². The molecule has 0 N–H and O–H groups in total. The molecular formula is C9H19O2S-. The van der Waals surface area contributed by atoms with Crippen LogP contribution in [0.3, 0.4) is 0 Å². The van der Waals surface area contributed by atoms with Gasteiger partial charge in [0.1, 0.15) is 0 Å². The number of hydrogen-bond donors (Lipinski definition) is 0. The molecule has 0 heterocycles. The molecule has 0 aliphatic rings. The van der Waals surface area contributed by atoms with E-state index < -0.39 is 11.1 Å². The Bertz CT molecular complexity index is 126. The molecule has 0 aromatic heterocycles. The van der Waals surface area contributed by atoms with E-state index in [2.05, 4.69) is 6.92 Å². The molecule has 0 saturated heterocycles. The van der Waals surface area contributed by atoms with Gasteiger partial charge in [-0.1, -0.05) is 57.0 Å². The Morgan fingerprint density at radius 2 is 1.83 bits per heavy atom. The predicted octanol–water partition coefficient (Wildman–Crippen LogP) is 2.61. The zero-order valence-corrected chi connectivity index (χ0v) is 8.86. The van der Waals surface area contributed by atoms with Crippen LogP contribution in [0, 0.1) is 0 Å². The molecule has 0 fully saturated rings. The number of hydrogen-bond acceptors (Lipinski definition) is 2. The molecule has 74 valence electrons. The first-order valence-corrected chi connectivity index (χ1v) is 5.90. The van der Waals surface area contributed by atoms with Crippen molar-refractivity contribution in [2.75, 3.05) is 0 Å². The molecule has 0 aliphatic carbocycles. The van der Waals surface area contributed by atoms with E-state index in [0.29, 0.717) is 0 Å². The van der Waals surface area contributed by atoms with E-state index in [9.17, 15) is 8.76 Å². The molecule has 0 radical (unpaired) electrons. The van der Waals surface area contributed by atoms with Gasteiger partial charge in [0, 0.05) is 5.25 Å². The van der Waals surface area contributed by atoms with Gasteiger partial charge in [-0.25, -0.2) is 0 Å². The molecule has 2 nitrogen and oxygen atoms in total. The first kappa shape index (κ1) is 12.1. The van der Waals surface area contributed by atoms with Crippen molar-refractivity contribution >= 4 is 11.1 Å². The highest BCUT2D eigenvalue weighted by molar-refractivity contribution is 7.79. The minimum atomic E-state index is -1.87. The quantitative estimate of drug-likeness (QED) is 0.458. The Balaban J connectivity index is 3.14. The van der Waals surface area contributed by atoms with Crippen molar-refractivity contribution in [3.8, 4) is 0 Å². The van der Waals surface area contributed by atoms with Crippen LogP contribution in [0.1, 0.15) is 52.4 Å². The zero-order valence-electron chi connectivity index (χ0n) is 8.04. The molecule has 0 bridgehead atoms. The summed E-state index contributed by atoms with van der Waals surface area (Å²) in [5.74, 6) is 0. The third-order valence-corrected chi connectivity index (χ3v) is 2.94. The second-order valence-electron chi connectivity index (χ2n) is 3.27. The average Bonchev–Trinajstić information content (AvgIpc) is 2.03. The predicted molar refractivity (Wildman–Crippen MR) is 51.8 cm³/mol. The number of rotatable bonds is 7. The van der Waals surface area contributed by atoms with E-state index in [4.69, 9.17) is 0 Å². The summed E-state index contributed by atoms with van der Waals surface area (Å²) in [4.78, 5) is 0. The average molecular weight is 191 g/mol. The van der Waals surface area contributed by atoms with Crippen LogP contribution in [0.25, 0.3) is 0 Å². The van der Waals surface area contributed by atoms with E-state index >= 15 is 0 Å². The summed E-state index contributed by atoms with van der Waals surface area (Å²) in [5.41, 5.74) is 0. The van der Waals surface area contributed by atoms with Gasteiger partial charge in [-0.15, -0.1) is 0 Å². The minimum Gasteiger partial charge on any atom is -0.772 e. The third-order valence-electron chi connectivity index (χ3n) is 2.04. The summed E-state index contributed by atoms with van der Waals surface area (Å²) >= 11 is -1.87. The minimum absolute atomic E-state index is 0.161. The highest BCUT2D eigenvalue weighted by Gasteiger charge is 2.00. The van der Waals surface area contributed by atoms with E-state index in [1.807, 2.05) is 0 Å². The van der Waals surface area contributed by atoms with Crippen LogP contribution in [0.2, 0.25) is 0 Å². The lowest BCUT2D eigenvalue weighted by atomic mass is 10.1.